The van der Waals surface area contributed by atoms with Gasteiger partial charge < -0.3 is 87.9 Å². The summed E-state index contributed by atoms with van der Waals surface area (Å²) in [5.41, 5.74) is 34.4. The second kappa shape index (κ2) is 58.3. The van der Waals surface area contributed by atoms with Crippen LogP contribution in [0.25, 0.3) is 0 Å². The van der Waals surface area contributed by atoms with Crippen molar-refractivity contribution in [2.45, 2.75) is 155 Å². The van der Waals surface area contributed by atoms with Crippen LogP contribution in [0.15, 0.2) is 194 Å². The Hall–Kier alpha value is -10.5. The van der Waals surface area contributed by atoms with E-state index >= 15 is 43.2 Å². The Kier molecular flexibility index (Phi) is 47.9. The third kappa shape index (κ3) is 35.5. The van der Waals surface area contributed by atoms with Gasteiger partial charge in [0.25, 0.3) is 0 Å². The molecule has 0 spiro atoms. The molecule has 0 aromatic heterocycles. The van der Waals surface area contributed by atoms with Crippen LogP contribution in [-0.2, 0) is 57.5 Å². The van der Waals surface area contributed by atoms with Gasteiger partial charge in [0, 0.05) is 59.8 Å². The van der Waals surface area contributed by atoms with Crippen molar-refractivity contribution < 1.29 is 57.5 Å². The highest BCUT2D eigenvalue weighted by Gasteiger charge is 2.40. The van der Waals surface area contributed by atoms with Crippen LogP contribution in [0, 0.1) is 0 Å². The summed E-state index contributed by atoms with van der Waals surface area (Å²) >= 11 is 51.5. The summed E-state index contributed by atoms with van der Waals surface area (Å²) in [6.07, 6.45) is 3.43. The lowest BCUT2D eigenvalue weighted by atomic mass is 10.0. The first kappa shape index (κ1) is 116. The number of rotatable bonds is 56. The number of nitrogens with zero attached hydrogens (tertiary/aromatic N) is 11. The van der Waals surface area contributed by atoms with Gasteiger partial charge in [-0.1, -0.05) is 190 Å². The topological polar surface area (TPSA) is 383 Å². The molecule has 0 unspecified atom stereocenters. The number of amides is 12. The molecular formula is C104H131Cl8N17O12. The largest absolute Gasteiger partial charge is 0.368 e. The van der Waals surface area contributed by atoms with Gasteiger partial charge in [0.2, 0.25) is 70.9 Å². The maximum Gasteiger partial charge on any atom is 0.243 e. The first-order valence-electron chi connectivity index (χ1n) is 47.3. The van der Waals surface area contributed by atoms with Crippen LogP contribution >= 0.6 is 92.8 Å². The molecule has 0 bridgehead atoms. The van der Waals surface area contributed by atoms with Gasteiger partial charge in [-0.15, -0.1) is 0 Å². The number of benzene rings is 8. The second-order valence-electron chi connectivity index (χ2n) is 35.1. The molecule has 0 aliphatic rings. The Labute approximate surface area is 867 Å². The summed E-state index contributed by atoms with van der Waals surface area (Å²) in [5, 5.41) is 6.33. The SMILES string of the molecule is C[C@@H](c1ccc(Cl)cc1)N(CC(N)=O)C(=O)CN(C(=O)CN(CCCCN)C(=O)CN(C(=O)CN(C(=O)CN(CCCCN)C(=O)CN(C(=O)CN(C(=O)CN(CCCCN)C(=O)CN(C(=O)CN(C(=O)CNCCCCN)[C@@H](C)c1ccc(Cl)cc1)[C@@H](C)c1ccc(Cl)cc1)[C@@H](C)c1ccc(Cl)cc1)[C@@H](C)c1ccc(Cl)cc1)[C@@H](C)c1ccc(Cl)cc1)[C@@H](C)c1ccc(Cl)cc1)[C@@H](C)c1ccc(Cl)cc1. The summed E-state index contributed by atoms with van der Waals surface area (Å²) < 4.78 is 0. The third-order valence-corrected chi connectivity index (χ3v) is 27.4. The highest BCUT2D eigenvalue weighted by Crippen LogP contribution is 2.34. The van der Waals surface area contributed by atoms with Crippen molar-refractivity contribution >= 4 is 164 Å². The quantitative estimate of drug-likeness (QED) is 0.0193. The number of halogens is 8. The summed E-state index contributed by atoms with van der Waals surface area (Å²) in [7, 11) is 0. The Morgan fingerprint density at radius 3 is 0.553 bits per heavy atom. The zero-order valence-corrected chi connectivity index (χ0v) is 87.2. The predicted octanol–water partition coefficient (Wildman–Crippen LogP) is 15.4. The molecule has 12 amide bonds. The van der Waals surface area contributed by atoms with Gasteiger partial charge in [-0.25, -0.2) is 0 Å². The Balaban J connectivity index is 1.15. The minimum atomic E-state index is -0.980. The minimum Gasteiger partial charge on any atom is -0.368 e. The molecule has 8 aromatic rings. The van der Waals surface area contributed by atoms with Crippen molar-refractivity contribution in [1.82, 2.24) is 59.2 Å². The Bertz CT molecular complexity index is 5370. The molecule has 0 radical (unpaired) electrons. The fraction of sp³-hybridized carbons (Fsp3) is 0.423. The van der Waals surface area contributed by atoms with Crippen LogP contribution < -0.4 is 34.0 Å². The first-order chi connectivity index (χ1) is 67.2. The van der Waals surface area contributed by atoms with Crippen molar-refractivity contribution in [1.29, 1.82) is 0 Å². The first-order valence-corrected chi connectivity index (χ1v) is 50.3. The normalized spacial score (nSPS) is 12.9. The molecule has 0 aliphatic carbocycles. The van der Waals surface area contributed by atoms with Gasteiger partial charge in [-0.05, 0) is 281 Å². The summed E-state index contributed by atoms with van der Waals surface area (Å²) in [6, 6.07) is 46.4. The molecule has 29 nitrogen and oxygen atoms in total. The minimum absolute atomic E-state index is 0.0467. The molecule has 0 aliphatic heterocycles. The highest BCUT2D eigenvalue weighted by molar-refractivity contribution is 6.32. The van der Waals surface area contributed by atoms with Crippen LogP contribution in [0.2, 0.25) is 40.2 Å². The van der Waals surface area contributed by atoms with Gasteiger partial charge in [-0.2, -0.15) is 0 Å². The number of nitrogens with one attached hydrogen (secondary N) is 1. The molecule has 0 saturated heterocycles. The maximum absolute atomic E-state index is 16.2. The Morgan fingerprint density at radius 1 is 0.220 bits per heavy atom. The summed E-state index contributed by atoms with van der Waals surface area (Å²) in [4.78, 5) is 199. The fourth-order valence-electron chi connectivity index (χ4n) is 16.4. The standard InChI is InChI=1S/C104H131Cl8N17O12/c1-69(77-17-33-85(105)34-18-77)122(58-93(117)130)101(138)66-127(74(6)82-27-43-90(110)44-28-82)98(135)59-119(54-14-10-50-114)96(133)63-125(72(4)80-23-39-88(108)40-24-80)103(140)68-129(76(8)84-31-47-92(112)48-32-84)100(137)61-121(56-16-12-52-116)97(134)64-126(73(5)81-25-41-89(109)42-26-81)104(141)67-128(75(7)83-29-45-91(111)46-30-83)99(136)60-120(55-15-11-51-115)95(132)62-124(71(3)79-21-37-87(107)38-22-79)102(139)65-123(94(131)57-118-53-13-9-49-113)70(2)78-19-35-86(106)36-20-78/h17-48,69-76,118H,9-16,49-68,113-116H2,1-8H3,(H2,117,130)/t69-,70-,71-,72-,73-,74-,75-,76-/m0/s1. The number of nitrogens with two attached hydrogens (primary N) is 5. The smallest absolute Gasteiger partial charge is 0.243 e. The van der Waals surface area contributed by atoms with Crippen LogP contribution in [0.5, 0.6) is 0 Å². The molecule has 0 saturated carbocycles. The lowest BCUT2D eigenvalue weighted by molar-refractivity contribution is -0.152. The molecule has 0 heterocycles. The van der Waals surface area contributed by atoms with E-state index in [-0.39, 0.29) is 58.7 Å². The van der Waals surface area contributed by atoms with Gasteiger partial charge in [-0.3, -0.25) is 57.5 Å². The van der Waals surface area contributed by atoms with Crippen LogP contribution in [-0.4, -0.2) is 256 Å². The molecule has 8 aromatic carbocycles. The van der Waals surface area contributed by atoms with Gasteiger partial charge in [0.1, 0.15) is 45.8 Å². The van der Waals surface area contributed by atoms with Crippen molar-refractivity contribution in [3.05, 3.63) is 279 Å². The number of primary amides is 1. The number of carbonyl (C=O) groups excluding carboxylic acids is 12. The van der Waals surface area contributed by atoms with Crippen molar-refractivity contribution in [2.75, 3.05) is 131 Å². The van der Waals surface area contributed by atoms with Crippen LogP contribution in [0.1, 0.15) is 200 Å². The van der Waals surface area contributed by atoms with E-state index < -0.39 is 191 Å². The van der Waals surface area contributed by atoms with E-state index in [9.17, 15) is 14.4 Å². The number of carbonyl (C=O) groups is 12. The van der Waals surface area contributed by atoms with Gasteiger partial charge >= 0.3 is 0 Å². The summed E-state index contributed by atoms with van der Waals surface area (Å²) in [6.45, 7) is 7.80. The van der Waals surface area contributed by atoms with E-state index in [0.29, 0.717) is 130 Å². The van der Waals surface area contributed by atoms with E-state index in [1.807, 2.05) is 0 Å². The van der Waals surface area contributed by atoms with Gasteiger partial charge in [0.15, 0.2) is 0 Å². The molecule has 8 atom stereocenters. The maximum atomic E-state index is 16.2. The average molecular weight is 2090 g/mol. The molecule has 8 rings (SSSR count). The molecular weight excluding hydrogens is 1960 g/mol. The fourth-order valence-corrected chi connectivity index (χ4v) is 17.4. The third-order valence-electron chi connectivity index (χ3n) is 25.4. The lowest BCUT2D eigenvalue weighted by Crippen LogP contribution is -2.54. The number of unbranched alkanes of at least 4 members (excludes halogenated alkanes) is 4. The van der Waals surface area contributed by atoms with E-state index in [1.165, 1.54) is 53.9 Å². The van der Waals surface area contributed by atoms with E-state index in [2.05, 4.69) is 5.32 Å². The van der Waals surface area contributed by atoms with Crippen LogP contribution in [0.4, 0.5) is 0 Å². The van der Waals surface area contributed by atoms with Crippen molar-refractivity contribution in [3.63, 3.8) is 0 Å². The number of hydrogen-bond donors (Lipinski definition) is 6. The highest BCUT2D eigenvalue weighted by atomic mass is 35.5. The zero-order valence-electron chi connectivity index (χ0n) is 81.1. The van der Waals surface area contributed by atoms with E-state index in [1.54, 1.807) is 250 Å². The monoisotopic (exact) mass is 2090 g/mol. The molecule has 760 valence electrons. The molecule has 37 heteroatoms. The predicted molar refractivity (Wildman–Crippen MR) is 558 cm³/mol. The molecule has 11 N–H and O–H groups in total. The summed E-state index contributed by atoms with van der Waals surface area (Å²) in [5.74, 6) is -8.35. The second-order valence-corrected chi connectivity index (χ2v) is 38.6. The van der Waals surface area contributed by atoms with E-state index in [4.69, 9.17) is 121 Å². The van der Waals surface area contributed by atoms with Gasteiger partial charge in [0.05, 0.1) is 81.1 Å². The van der Waals surface area contributed by atoms with Crippen molar-refractivity contribution in [3.8, 4) is 0 Å². The Morgan fingerprint density at radius 2 is 0.376 bits per heavy atom. The zero-order chi connectivity index (χ0) is 103. The van der Waals surface area contributed by atoms with E-state index in [0.717, 1.165) is 6.42 Å². The van der Waals surface area contributed by atoms with Crippen molar-refractivity contribution in [2.24, 2.45) is 28.7 Å². The number of hydrogen-bond acceptors (Lipinski definition) is 17. The average Bonchev–Trinajstić information content (AvgIpc) is 0.821. The molecule has 141 heavy (non-hydrogen) atoms. The molecule has 0 fully saturated rings. The lowest BCUT2D eigenvalue weighted by Gasteiger charge is -2.38. The van der Waals surface area contributed by atoms with Crippen LogP contribution in [0.3, 0.4) is 0 Å².